The van der Waals surface area contributed by atoms with Crippen molar-refractivity contribution in [3.8, 4) is 0 Å². The van der Waals surface area contributed by atoms with Crippen molar-refractivity contribution in [1.29, 1.82) is 0 Å². The Kier molecular flexibility index (Phi) is 3.34. The normalized spacial score (nSPS) is 14.6. The molecule has 1 aliphatic rings. The third-order valence-electron chi connectivity index (χ3n) is 3.59. The summed E-state index contributed by atoms with van der Waals surface area (Å²) in [5, 5.41) is 12.2. The molecule has 0 spiro atoms. The Bertz CT molecular complexity index is 924. The average molecular weight is 328 g/mol. The lowest BCUT2D eigenvalue weighted by Crippen LogP contribution is -2.35. The fourth-order valence-corrected chi connectivity index (χ4v) is 3.14. The fraction of sp³-hybridized carbons (Fsp3) is 0.214. The molecule has 0 bridgehead atoms. The Morgan fingerprint density at radius 1 is 1.30 bits per heavy atom. The Labute approximate surface area is 134 Å². The van der Waals surface area contributed by atoms with E-state index >= 15 is 0 Å². The molecule has 0 radical (unpaired) electrons. The van der Waals surface area contributed by atoms with E-state index in [1.807, 2.05) is 24.3 Å². The van der Waals surface area contributed by atoms with E-state index in [9.17, 15) is 9.59 Å². The van der Waals surface area contributed by atoms with Gasteiger partial charge in [-0.3, -0.25) is 9.69 Å². The smallest absolute Gasteiger partial charge is 0.324 e. The van der Waals surface area contributed by atoms with Gasteiger partial charge in [0.25, 0.3) is 0 Å². The van der Waals surface area contributed by atoms with E-state index in [1.54, 1.807) is 0 Å². The van der Waals surface area contributed by atoms with Crippen LogP contribution in [0.25, 0.3) is 22.1 Å². The number of fused-ring (bicyclic) bond motifs is 3. The molecule has 0 atom stereocenters. The zero-order chi connectivity index (χ0) is 15.8. The molecule has 1 saturated heterocycles. The second-order valence-corrected chi connectivity index (χ2v) is 5.97. The van der Waals surface area contributed by atoms with Gasteiger partial charge < -0.3 is 10.3 Å². The number of hydrogen-bond acceptors (Lipinski definition) is 6. The number of nitrogens with zero attached hydrogens (tertiary/aromatic N) is 4. The molecule has 3 aromatic rings. The van der Waals surface area contributed by atoms with Crippen molar-refractivity contribution in [3.05, 3.63) is 24.3 Å². The van der Waals surface area contributed by atoms with Crippen molar-refractivity contribution < 1.29 is 9.59 Å². The van der Waals surface area contributed by atoms with Crippen LogP contribution < -0.4 is 5.32 Å². The number of carbonyl (C=O) groups excluding carboxylic acids is 2. The predicted molar refractivity (Wildman–Crippen MR) is 85.0 cm³/mol. The number of amides is 3. The number of aromatic amines is 1. The summed E-state index contributed by atoms with van der Waals surface area (Å²) in [5.41, 5.74) is 2.28. The van der Waals surface area contributed by atoms with Crippen molar-refractivity contribution in [2.24, 2.45) is 0 Å². The molecular formula is C14H12N6O2S. The van der Waals surface area contributed by atoms with Gasteiger partial charge in [-0.1, -0.05) is 30.0 Å². The standard InChI is InChI=1S/C14H12N6O2S/c21-10(20-6-5-15-14(20)22)7-23-13-17-12-11(18-19-13)8-3-1-2-4-9(8)16-12/h1-4H,5-7H2,(H,15,22)(H,16,17,19). The molecule has 0 unspecified atom stereocenters. The van der Waals surface area contributed by atoms with Gasteiger partial charge >= 0.3 is 6.03 Å². The second kappa shape index (κ2) is 5.51. The van der Waals surface area contributed by atoms with Gasteiger partial charge in [-0.05, 0) is 6.07 Å². The van der Waals surface area contributed by atoms with Gasteiger partial charge in [0.15, 0.2) is 5.65 Å². The first-order valence-electron chi connectivity index (χ1n) is 7.04. The maximum absolute atomic E-state index is 12.0. The molecule has 1 aliphatic heterocycles. The number of aromatic nitrogens is 4. The molecule has 3 amide bonds. The molecule has 2 N–H and O–H groups in total. The topological polar surface area (TPSA) is 104 Å². The Hall–Kier alpha value is -2.68. The lowest BCUT2D eigenvalue weighted by molar-refractivity contribution is -0.124. The number of urea groups is 1. The van der Waals surface area contributed by atoms with E-state index in [0.29, 0.717) is 29.4 Å². The number of carbonyl (C=O) groups is 2. The summed E-state index contributed by atoms with van der Waals surface area (Å²) in [4.78, 5) is 32.2. The molecule has 2 aromatic heterocycles. The Balaban J connectivity index is 1.54. The third kappa shape index (κ3) is 2.48. The minimum absolute atomic E-state index is 0.0981. The maximum atomic E-state index is 12.0. The maximum Gasteiger partial charge on any atom is 0.324 e. The van der Waals surface area contributed by atoms with E-state index in [2.05, 4.69) is 25.5 Å². The van der Waals surface area contributed by atoms with Gasteiger partial charge in [0.1, 0.15) is 5.52 Å². The average Bonchev–Trinajstić information content (AvgIpc) is 3.15. The van der Waals surface area contributed by atoms with Crippen LogP contribution in [0.1, 0.15) is 0 Å². The molecule has 0 saturated carbocycles. The number of nitrogens with one attached hydrogen (secondary N) is 2. The molecule has 23 heavy (non-hydrogen) atoms. The first-order chi connectivity index (χ1) is 11.2. The number of H-pyrrole nitrogens is 1. The van der Waals surface area contributed by atoms with E-state index in [-0.39, 0.29) is 17.7 Å². The van der Waals surface area contributed by atoms with Gasteiger partial charge in [-0.25, -0.2) is 9.78 Å². The predicted octanol–water partition coefficient (Wildman–Crippen LogP) is 1.15. The highest BCUT2D eigenvalue weighted by Gasteiger charge is 2.26. The van der Waals surface area contributed by atoms with Crippen molar-refractivity contribution in [1.82, 2.24) is 30.4 Å². The molecule has 116 valence electrons. The monoisotopic (exact) mass is 328 g/mol. The lowest BCUT2D eigenvalue weighted by Gasteiger charge is -2.10. The second-order valence-electron chi connectivity index (χ2n) is 5.03. The Morgan fingerprint density at radius 2 is 2.17 bits per heavy atom. The van der Waals surface area contributed by atoms with Crippen LogP contribution in [0.4, 0.5) is 4.79 Å². The first-order valence-corrected chi connectivity index (χ1v) is 8.03. The van der Waals surface area contributed by atoms with Crippen LogP contribution in [-0.4, -0.2) is 55.8 Å². The largest absolute Gasteiger partial charge is 0.338 e. The molecule has 1 aromatic carbocycles. The minimum Gasteiger partial charge on any atom is -0.338 e. The van der Waals surface area contributed by atoms with Gasteiger partial charge in [-0.2, -0.15) is 0 Å². The van der Waals surface area contributed by atoms with E-state index in [0.717, 1.165) is 10.9 Å². The minimum atomic E-state index is -0.347. The van der Waals surface area contributed by atoms with Crippen molar-refractivity contribution >= 4 is 45.8 Å². The van der Waals surface area contributed by atoms with Crippen LogP contribution in [0.5, 0.6) is 0 Å². The van der Waals surface area contributed by atoms with Crippen LogP contribution in [-0.2, 0) is 4.79 Å². The van der Waals surface area contributed by atoms with Crippen molar-refractivity contribution in [2.45, 2.75) is 5.16 Å². The highest BCUT2D eigenvalue weighted by Crippen LogP contribution is 2.23. The fourth-order valence-electron chi connectivity index (χ4n) is 2.48. The van der Waals surface area contributed by atoms with E-state index < -0.39 is 0 Å². The zero-order valence-electron chi connectivity index (χ0n) is 11.9. The van der Waals surface area contributed by atoms with Crippen LogP contribution >= 0.6 is 11.8 Å². The molecule has 4 rings (SSSR count). The quantitative estimate of drug-likeness (QED) is 0.699. The van der Waals surface area contributed by atoms with Gasteiger partial charge in [0.05, 0.1) is 5.75 Å². The molecule has 3 heterocycles. The molecule has 0 aliphatic carbocycles. The number of rotatable bonds is 3. The van der Waals surface area contributed by atoms with Crippen molar-refractivity contribution in [2.75, 3.05) is 18.8 Å². The van der Waals surface area contributed by atoms with Gasteiger partial charge in [0, 0.05) is 24.0 Å². The number of benzene rings is 1. The van der Waals surface area contributed by atoms with Crippen LogP contribution in [0.2, 0.25) is 0 Å². The summed E-state index contributed by atoms with van der Waals surface area (Å²) < 4.78 is 0. The summed E-state index contributed by atoms with van der Waals surface area (Å²) in [6, 6.07) is 7.41. The Morgan fingerprint density at radius 3 is 3.00 bits per heavy atom. The van der Waals surface area contributed by atoms with Gasteiger partial charge in [0.2, 0.25) is 11.1 Å². The van der Waals surface area contributed by atoms with Gasteiger partial charge in [-0.15, -0.1) is 10.2 Å². The third-order valence-corrected chi connectivity index (χ3v) is 4.41. The molecule has 1 fully saturated rings. The molecular weight excluding hydrogens is 316 g/mol. The highest BCUT2D eigenvalue weighted by molar-refractivity contribution is 7.99. The van der Waals surface area contributed by atoms with Crippen molar-refractivity contribution in [3.63, 3.8) is 0 Å². The molecule has 9 heteroatoms. The van der Waals surface area contributed by atoms with E-state index in [1.165, 1.54) is 16.7 Å². The number of thioether (sulfide) groups is 1. The zero-order valence-corrected chi connectivity index (χ0v) is 12.8. The summed E-state index contributed by atoms with van der Waals surface area (Å²) >= 11 is 1.17. The summed E-state index contributed by atoms with van der Waals surface area (Å²) in [6.45, 7) is 0.896. The number of hydrogen-bond donors (Lipinski definition) is 2. The van der Waals surface area contributed by atoms with Crippen LogP contribution in [0, 0.1) is 0 Å². The highest BCUT2D eigenvalue weighted by atomic mass is 32.2. The SMILES string of the molecule is O=C(CSc1nnc2c(n1)[nH]c1ccccc12)N1CCNC1=O. The number of para-hydroxylation sites is 1. The van der Waals surface area contributed by atoms with Crippen LogP contribution in [0.15, 0.2) is 29.4 Å². The van der Waals surface area contributed by atoms with E-state index in [4.69, 9.17) is 0 Å². The first kappa shape index (κ1) is 13.9. The summed E-state index contributed by atoms with van der Waals surface area (Å²) in [7, 11) is 0. The number of imide groups is 1. The molecule has 8 nitrogen and oxygen atoms in total. The summed E-state index contributed by atoms with van der Waals surface area (Å²) in [5.74, 6) is -0.161. The summed E-state index contributed by atoms with van der Waals surface area (Å²) in [6.07, 6.45) is 0. The van der Waals surface area contributed by atoms with Crippen LogP contribution in [0.3, 0.4) is 0 Å². The lowest BCUT2D eigenvalue weighted by atomic mass is 10.2.